The molecule has 0 N–H and O–H groups in total. The Morgan fingerprint density at radius 2 is 1.95 bits per heavy atom. The molecule has 0 atom stereocenters. The van der Waals surface area contributed by atoms with Gasteiger partial charge in [-0.05, 0) is 0 Å². The van der Waals surface area contributed by atoms with Crippen LogP contribution in [0.25, 0.3) is 0 Å². The fraction of sp³-hybridized carbons (Fsp3) is 0.231. The van der Waals surface area contributed by atoms with Crippen LogP contribution < -0.4 is 0 Å². The van der Waals surface area contributed by atoms with Crippen LogP contribution in [0.15, 0.2) is 18.3 Å². The smallest absolute Gasteiger partial charge is 0.218 e. The van der Waals surface area contributed by atoms with Crippen molar-refractivity contribution in [2.75, 3.05) is 13.7 Å². The molecule has 21 heavy (non-hydrogen) atoms. The van der Waals surface area contributed by atoms with E-state index in [1.807, 2.05) is 0 Å². The lowest BCUT2D eigenvalue weighted by atomic mass is 10.1. The average Bonchev–Trinajstić information content (AvgIpc) is 2.76. The monoisotopic (exact) mass is 318 g/mol. The van der Waals surface area contributed by atoms with E-state index in [-0.39, 0.29) is 23.9 Å². The summed E-state index contributed by atoms with van der Waals surface area (Å²) in [5.41, 5.74) is -1.06. The van der Waals surface area contributed by atoms with Crippen LogP contribution in [0.5, 0.6) is 0 Å². The third-order valence-corrected chi connectivity index (χ3v) is 3.03. The topological polar surface area (TPSA) is 44.1 Å². The van der Waals surface area contributed by atoms with E-state index in [0.29, 0.717) is 12.1 Å². The first-order valence-electron chi connectivity index (χ1n) is 5.85. The van der Waals surface area contributed by atoms with E-state index in [1.54, 1.807) is 0 Å². The molecular weight excluding hydrogens is 309 g/mol. The van der Waals surface area contributed by atoms with Crippen LogP contribution in [0.1, 0.15) is 16.1 Å². The molecule has 0 amide bonds. The van der Waals surface area contributed by atoms with Gasteiger partial charge in [-0.2, -0.15) is 5.10 Å². The number of nitrogens with zero attached hydrogens (tertiary/aromatic N) is 2. The molecule has 0 radical (unpaired) electrons. The molecule has 0 bridgehead atoms. The van der Waals surface area contributed by atoms with Crippen molar-refractivity contribution in [3.8, 4) is 0 Å². The number of aromatic nitrogens is 2. The van der Waals surface area contributed by atoms with Crippen molar-refractivity contribution in [2.24, 2.45) is 0 Å². The van der Waals surface area contributed by atoms with Gasteiger partial charge in [0.15, 0.2) is 0 Å². The number of rotatable bonds is 5. The van der Waals surface area contributed by atoms with Crippen LogP contribution in [0.4, 0.5) is 13.2 Å². The molecular formula is C13H10ClF3N2O2. The Labute approximate surface area is 123 Å². The van der Waals surface area contributed by atoms with Gasteiger partial charge >= 0.3 is 0 Å². The lowest BCUT2D eigenvalue weighted by molar-refractivity contribution is 0.101. The maximum Gasteiger partial charge on any atom is 0.218 e. The van der Waals surface area contributed by atoms with E-state index in [4.69, 9.17) is 16.3 Å². The molecule has 0 saturated heterocycles. The fourth-order valence-electron chi connectivity index (χ4n) is 1.81. The molecule has 2 aromatic rings. The maximum atomic E-state index is 13.7. The van der Waals surface area contributed by atoms with Crippen LogP contribution in [-0.2, 0) is 11.3 Å². The Hall–Kier alpha value is -1.86. The van der Waals surface area contributed by atoms with Gasteiger partial charge in [0.05, 0.1) is 29.9 Å². The van der Waals surface area contributed by atoms with Crippen LogP contribution >= 0.6 is 11.6 Å². The van der Waals surface area contributed by atoms with Crippen LogP contribution in [0.3, 0.4) is 0 Å². The highest BCUT2D eigenvalue weighted by molar-refractivity contribution is 6.34. The summed E-state index contributed by atoms with van der Waals surface area (Å²) in [4.78, 5) is 12.3. The van der Waals surface area contributed by atoms with Gasteiger partial charge < -0.3 is 4.74 Å². The quantitative estimate of drug-likeness (QED) is 0.796. The SMILES string of the molecule is COCCn1ncc(Cl)c1C(=O)c1c(F)cc(F)cc1F. The number of carbonyl (C=O) groups excluding carboxylic acids is 1. The van der Waals surface area contributed by atoms with Crippen LogP contribution in [0, 0.1) is 17.5 Å². The summed E-state index contributed by atoms with van der Waals surface area (Å²) >= 11 is 5.84. The average molecular weight is 319 g/mol. The Bertz CT molecular complexity index is 665. The first kappa shape index (κ1) is 15.5. The highest BCUT2D eigenvalue weighted by Gasteiger charge is 2.25. The van der Waals surface area contributed by atoms with E-state index in [1.165, 1.54) is 18.0 Å². The van der Waals surface area contributed by atoms with Gasteiger partial charge in [-0.25, -0.2) is 13.2 Å². The third kappa shape index (κ3) is 3.08. The Kier molecular flexibility index (Phi) is 4.64. The number of ether oxygens (including phenoxy) is 1. The number of benzene rings is 1. The van der Waals surface area contributed by atoms with Crippen molar-refractivity contribution >= 4 is 17.4 Å². The maximum absolute atomic E-state index is 13.7. The fourth-order valence-corrected chi connectivity index (χ4v) is 2.04. The molecule has 2 rings (SSSR count). The largest absolute Gasteiger partial charge is 0.383 e. The first-order valence-corrected chi connectivity index (χ1v) is 6.23. The number of hydrogen-bond donors (Lipinski definition) is 0. The summed E-state index contributed by atoms with van der Waals surface area (Å²) < 4.78 is 46.3. The summed E-state index contributed by atoms with van der Waals surface area (Å²) in [7, 11) is 1.45. The highest BCUT2D eigenvalue weighted by atomic mass is 35.5. The van der Waals surface area contributed by atoms with Gasteiger partial charge in [-0.15, -0.1) is 0 Å². The molecule has 1 aromatic carbocycles. The second kappa shape index (κ2) is 6.28. The number of halogens is 4. The minimum Gasteiger partial charge on any atom is -0.383 e. The lowest BCUT2D eigenvalue weighted by Gasteiger charge is -2.08. The Morgan fingerprint density at radius 3 is 2.52 bits per heavy atom. The molecule has 0 saturated carbocycles. The second-order valence-corrected chi connectivity index (χ2v) is 4.54. The molecule has 1 aromatic heterocycles. The number of hydrogen-bond acceptors (Lipinski definition) is 3. The summed E-state index contributed by atoms with van der Waals surface area (Å²) in [5, 5.41) is 3.79. The standard InChI is InChI=1S/C13H10ClF3N2O2/c1-21-3-2-19-12(8(14)6-18-19)13(20)11-9(16)4-7(15)5-10(11)17/h4-6H,2-3H2,1H3. The van der Waals surface area contributed by atoms with Crippen molar-refractivity contribution < 1.29 is 22.7 Å². The molecule has 0 fully saturated rings. The Morgan fingerprint density at radius 1 is 1.33 bits per heavy atom. The van der Waals surface area contributed by atoms with Gasteiger partial charge in [-0.1, -0.05) is 11.6 Å². The minimum atomic E-state index is -1.30. The Balaban J connectivity index is 2.48. The number of methoxy groups -OCH3 is 1. The summed E-state index contributed by atoms with van der Waals surface area (Å²) in [6.07, 6.45) is 1.18. The predicted molar refractivity (Wildman–Crippen MR) is 68.9 cm³/mol. The van der Waals surface area contributed by atoms with E-state index in [2.05, 4.69) is 5.10 Å². The number of carbonyl (C=O) groups is 1. The molecule has 4 nitrogen and oxygen atoms in total. The predicted octanol–water partition coefficient (Wildman–Crippen LogP) is 2.83. The molecule has 0 unspecified atom stereocenters. The van der Waals surface area contributed by atoms with Gasteiger partial charge in [0.25, 0.3) is 0 Å². The molecule has 0 spiro atoms. The van der Waals surface area contributed by atoms with Crippen molar-refractivity contribution in [3.63, 3.8) is 0 Å². The van der Waals surface area contributed by atoms with Crippen molar-refractivity contribution in [3.05, 3.63) is 52.1 Å². The summed E-state index contributed by atoms with van der Waals surface area (Å²) in [6, 6.07) is 0.861. The van der Waals surface area contributed by atoms with E-state index in [0.717, 1.165) is 0 Å². The van der Waals surface area contributed by atoms with Crippen LogP contribution in [0.2, 0.25) is 5.02 Å². The van der Waals surface area contributed by atoms with Gasteiger partial charge in [0, 0.05) is 19.2 Å². The van der Waals surface area contributed by atoms with Gasteiger partial charge in [0.1, 0.15) is 23.1 Å². The third-order valence-electron chi connectivity index (χ3n) is 2.75. The van der Waals surface area contributed by atoms with Gasteiger partial charge in [-0.3, -0.25) is 9.48 Å². The molecule has 0 aliphatic rings. The van der Waals surface area contributed by atoms with Gasteiger partial charge in [0.2, 0.25) is 5.78 Å². The normalized spacial score (nSPS) is 10.9. The van der Waals surface area contributed by atoms with Crippen molar-refractivity contribution in [1.29, 1.82) is 0 Å². The second-order valence-electron chi connectivity index (χ2n) is 4.13. The molecule has 0 aliphatic heterocycles. The zero-order chi connectivity index (χ0) is 15.6. The van der Waals surface area contributed by atoms with E-state index >= 15 is 0 Å². The number of ketones is 1. The van der Waals surface area contributed by atoms with E-state index < -0.39 is 28.8 Å². The molecule has 0 aliphatic carbocycles. The van der Waals surface area contributed by atoms with E-state index in [9.17, 15) is 18.0 Å². The van der Waals surface area contributed by atoms with Crippen LogP contribution in [-0.4, -0.2) is 29.3 Å². The van der Waals surface area contributed by atoms with Crippen molar-refractivity contribution in [2.45, 2.75) is 6.54 Å². The zero-order valence-corrected chi connectivity index (χ0v) is 11.6. The summed E-state index contributed by atoms with van der Waals surface area (Å²) in [6.45, 7) is 0.404. The lowest BCUT2D eigenvalue weighted by Crippen LogP contribution is -2.17. The van der Waals surface area contributed by atoms with Crippen molar-refractivity contribution in [1.82, 2.24) is 9.78 Å². The molecule has 8 heteroatoms. The summed E-state index contributed by atoms with van der Waals surface area (Å²) in [5.74, 6) is -4.72. The highest BCUT2D eigenvalue weighted by Crippen LogP contribution is 2.23. The molecule has 1 heterocycles. The molecule has 112 valence electrons. The zero-order valence-electron chi connectivity index (χ0n) is 10.9. The first-order chi connectivity index (χ1) is 9.95. The minimum absolute atomic E-state index is 0.0563.